The Kier molecular flexibility index (Phi) is 7.70. The number of ether oxygens (including phenoxy) is 2. The summed E-state index contributed by atoms with van der Waals surface area (Å²) in [6.45, 7) is 6.58. The van der Waals surface area contributed by atoms with Crippen molar-refractivity contribution in [1.82, 2.24) is 0 Å². The molecule has 156 valence electrons. The van der Waals surface area contributed by atoms with E-state index >= 15 is 0 Å². The van der Waals surface area contributed by atoms with E-state index in [4.69, 9.17) is 14.7 Å². The molecule has 0 aliphatic heterocycles. The van der Waals surface area contributed by atoms with Gasteiger partial charge in [-0.05, 0) is 62.4 Å². The van der Waals surface area contributed by atoms with Crippen LogP contribution in [0.2, 0.25) is 0 Å². The number of rotatable bonds is 8. The summed E-state index contributed by atoms with van der Waals surface area (Å²) < 4.78 is 10.7. The van der Waals surface area contributed by atoms with Crippen LogP contribution >= 0.6 is 0 Å². The fraction of sp³-hybridized carbons (Fsp3) is 0.304. The molecule has 0 aliphatic carbocycles. The molecular formula is C23H24N2O5. The van der Waals surface area contributed by atoms with Crippen molar-refractivity contribution < 1.29 is 23.9 Å². The SMILES string of the molecule is CC(C)C(=O)Nc1ccc(C(=O)[C@@H](C)OC(=O)[C@@H](C)Oc2ccc(C#N)cc2)cc1. The lowest BCUT2D eigenvalue weighted by Gasteiger charge is -2.17. The second kappa shape index (κ2) is 10.2. The zero-order valence-electron chi connectivity index (χ0n) is 17.3. The summed E-state index contributed by atoms with van der Waals surface area (Å²) in [4.78, 5) is 36.5. The minimum atomic E-state index is -0.999. The predicted octanol–water partition coefficient (Wildman–Crippen LogP) is 3.73. The summed E-state index contributed by atoms with van der Waals surface area (Å²) in [6.07, 6.45) is -1.93. The van der Waals surface area contributed by atoms with Crippen molar-refractivity contribution in [3.63, 3.8) is 0 Å². The minimum absolute atomic E-state index is 0.118. The normalized spacial score (nSPS) is 12.4. The number of nitriles is 1. The lowest BCUT2D eigenvalue weighted by atomic mass is 10.1. The number of amides is 1. The summed E-state index contributed by atoms with van der Waals surface area (Å²) in [5.74, 6) is -0.903. The molecule has 0 fully saturated rings. The van der Waals surface area contributed by atoms with E-state index < -0.39 is 18.2 Å². The smallest absolute Gasteiger partial charge is 0.347 e. The molecule has 0 spiro atoms. The van der Waals surface area contributed by atoms with E-state index in [0.29, 0.717) is 22.6 Å². The number of esters is 1. The maximum absolute atomic E-state index is 12.5. The molecule has 2 rings (SSSR count). The van der Waals surface area contributed by atoms with E-state index in [1.165, 1.54) is 13.8 Å². The molecule has 1 amide bonds. The van der Waals surface area contributed by atoms with Crippen LogP contribution in [0.1, 0.15) is 43.6 Å². The molecule has 0 saturated heterocycles. The number of Topliss-reactive ketones (excluding diaryl/α,β-unsaturated/α-hetero) is 1. The van der Waals surface area contributed by atoms with Gasteiger partial charge in [-0.25, -0.2) is 4.79 Å². The van der Waals surface area contributed by atoms with Gasteiger partial charge in [-0.2, -0.15) is 5.26 Å². The van der Waals surface area contributed by atoms with Gasteiger partial charge < -0.3 is 14.8 Å². The highest BCUT2D eigenvalue weighted by Crippen LogP contribution is 2.16. The van der Waals surface area contributed by atoms with Gasteiger partial charge in [0, 0.05) is 17.2 Å². The third kappa shape index (κ3) is 6.17. The number of nitrogens with one attached hydrogen (secondary N) is 1. The average Bonchev–Trinajstić information content (AvgIpc) is 2.74. The number of ketones is 1. The van der Waals surface area contributed by atoms with E-state index in [1.807, 2.05) is 6.07 Å². The Balaban J connectivity index is 1.92. The second-order valence-electron chi connectivity index (χ2n) is 7.06. The maximum atomic E-state index is 12.5. The quantitative estimate of drug-likeness (QED) is 0.527. The van der Waals surface area contributed by atoms with Gasteiger partial charge in [-0.3, -0.25) is 9.59 Å². The minimum Gasteiger partial charge on any atom is -0.479 e. The predicted molar refractivity (Wildman–Crippen MR) is 111 cm³/mol. The standard InChI is InChI=1S/C23H24N2O5/c1-14(2)22(27)25-19-9-7-18(8-10-19)21(26)15(3)30-23(28)16(4)29-20-11-5-17(13-24)6-12-20/h5-12,14-16H,1-4H3,(H,25,27)/t15-,16-/m1/s1. The van der Waals surface area contributed by atoms with Crippen molar-refractivity contribution in [1.29, 1.82) is 5.26 Å². The Labute approximate surface area is 175 Å². The van der Waals surface area contributed by atoms with E-state index in [2.05, 4.69) is 5.32 Å². The van der Waals surface area contributed by atoms with Crippen LogP contribution in [0.3, 0.4) is 0 Å². The van der Waals surface area contributed by atoms with Crippen molar-refractivity contribution in [2.45, 2.75) is 39.9 Å². The van der Waals surface area contributed by atoms with Crippen LogP contribution in [0, 0.1) is 17.2 Å². The summed E-state index contributed by atoms with van der Waals surface area (Å²) >= 11 is 0. The molecule has 0 saturated carbocycles. The molecule has 0 radical (unpaired) electrons. The number of carbonyl (C=O) groups is 3. The van der Waals surface area contributed by atoms with Gasteiger partial charge in [0.25, 0.3) is 0 Å². The van der Waals surface area contributed by atoms with Crippen LogP contribution in [0.4, 0.5) is 5.69 Å². The molecule has 0 bridgehead atoms. The largest absolute Gasteiger partial charge is 0.479 e. The van der Waals surface area contributed by atoms with E-state index in [-0.39, 0.29) is 17.6 Å². The summed E-state index contributed by atoms with van der Waals surface area (Å²) in [7, 11) is 0. The first-order valence-corrected chi connectivity index (χ1v) is 9.53. The van der Waals surface area contributed by atoms with E-state index in [1.54, 1.807) is 62.4 Å². The number of hydrogen-bond acceptors (Lipinski definition) is 6. The Bertz CT molecular complexity index is 943. The Morgan fingerprint density at radius 2 is 1.50 bits per heavy atom. The molecule has 30 heavy (non-hydrogen) atoms. The maximum Gasteiger partial charge on any atom is 0.347 e. The fourth-order valence-electron chi connectivity index (χ4n) is 2.42. The molecule has 2 atom stereocenters. The molecular weight excluding hydrogens is 384 g/mol. The van der Waals surface area contributed by atoms with Gasteiger partial charge in [-0.1, -0.05) is 13.8 Å². The first-order valence-electron chi connectivity index (χ1n) is 9.53. The van der Waals surface area contributed by atoms with Crippen molar-refractivity contribution in [3.05, 3.63) is 59.7 Å². The lowest BCUT2D eigenvalue weighted by molar-refractivity contribution is -0.153. The number of hydrogen-bond donors (Lipinski definition) is 1. The number of benzene rings is 2. The fourth-order valence-corrected chi connectivity index (χ4v) is 2.42. The Morgan fingerprint density at radius 3 is 2.03 bits per heavy atom. The average molecular weight is 408 g/mol. The van der Waals surface area contributed by atoms with Crippen molar-refractivity contribution in [2.75, 3.05) is 5.32 Å². The van der Waals surface area contributed by atoms with Crippen LogP contribution in [-0.4, -0.2) is 29.9 Å². The number of carbonyl (C=O) groups excluding carboxylic acids is 3. The zero-order chi connectivity index (χ0) is 22.3. The third-order valence-corrected chi connectivity index (χ3v) is 4.25. The van der Waals surface area contributed by atoms with Gasteiger partial charge in [-0.15, -0.1) is 0 Å². The van der Waals surface area contributed by atoms with Crippen molar-refractivity contribution in [2.24, 2.45) is 5.92 Å². The number of nitrogens with zero attached hydrogens (tertiary/aromatic N) is 1. The van der Waals surface area contributed by atoms with Crippen molar-refractivity contribution >= 4 is 23.3 Å². The van der Waals surface area contributed by atoms with Crippen LogP contribution in [0.15, 0.2) is 48.5 Å². The monoisotopic (exact) mass is 408 g/mol. The van der Waals surface area contributed by atoms with Gasteiger partial charge in [0.05, 0.1) is 11.6 Å². The van der Waals surface area contributed by atoms with Crippen LogP contribution in [-0.2, 0) is 14.3 Å². The highest BCUT2D eigenvalue weighted by molar-refractivity contribution is 6.01. The summed E-state index contributed by atoms with van der Waals surface area (Å²) in [5, 5.41) is 11.5. The van der Waals surface area contributed by atoms with E-state index in [9.17, 15) is 14.4 Å². The van der Waals surface area contributed by atoms with Gasteiger partial charge >= 0.3 is 5.97 Å². The zero-order valence-corrected chi connectivity index (χ0v) is 17.3. The molecule has 7 heteroatoms. The molecule has 2 aromatic carbocycles. The summed E-state index contributed by atoms with van der Waals surface area (Å²) in [6, 6.07) is 14.7. The first kappa shape index (κ1) is 22.6. The van der Waals surface area contributed by atoms with Gasteiger partial charge in [0.2, 0.25) is 11.7 Å². The Morgan fingerprint density at radius 1 is 0.900 bits per heavy atom. The third-order valence-electron chi connectivity index (χ3n) is 4.25. The number of anilines is 1. The molecule has 0 heterocycles. The molecule has 0 aliphatic rings. The van der Waals surface area contributed by atoms with Crippen LogP contribution < -0.4 is 10.1 Å². The topological polar surface area (TPSA) is 105 Å². The second-order valence-corrected chi connectivity index (χ2v) is 7.06. The molecule has 1 N–H and O–H groups in total. The molecule has 0 aromatic heterocycles. The highest BCUT2D eigenvalue weighted by atomic mass is 16.6. The summed E-state index contributed by atoms with van der Waals surface area (Å²) in [5.41, 5.74) is 1.42. The van der Waals surface area contributed by atoms with Gasteiger partial charge in [0.15, 0.2) is 12.2 Å². The highest BCUT2D eigenvalue weighted by Gasteiger charge is 2.24. The molecule has 2 aromatic rings. The Hall–Kier alpha value is -3.66. The van der Waals surface area contributed by atoms with E-state index in [0.717, 1.165) is 0 Å². The van der Waals surface area contributed by atoms with Gasteiger partial charge in [0.1, 0.15) is 5.75 Å². The van der Waals surface area contributed by atoms with Crippen LogP contribution in [0.25, 0.3) is 0 Å². The molecule has 0 unspecified atom stereocenters. The lowest BCUT2D eigenvalue weighted by Crippen LogP contribution is -2.32. The van der Waals surface area contributed by atoms with Crippen LogP contribution in [0.5, 0.6) is 5.75 Å². The molecule has 7 nitrogen and oxygen atoms in total. The first-order chi connectivity index (χ1) is 14.2. The van der Waals surface area contributed by atoms with Crippen molar-refractivity contribution in [3.8, 4) is 11.8 Å².